The van der Waals surface area contributed by atoms with Crippen molar-refractivity contribution in [1.29, 1.82) is 0 Å². The average molecular weight is 543 g/mol. The van der Waals surface area contributed by atoms with E-state index < -0.39 is 27.2 Å². The zero-order chi connectivity index (χ0) is 27.4. The molecule has 0 fully saturated rings. The monoisotopic (exact) mass is 542 g/mol. The molecule has 0 aliphatic carbocycles. The second-order valence-corrected chi connectivity index (χ2v) is 10.4. The van der Waals surface area contributed by atoms with Gasteiger partial charge in [0, 0.05) is 25.1 Å². The number of ether oxygens (including phenoxy) is 3. The lowest BCUT2D eigenvalue weighted by atomic mass is 10.2. The highest BCUT2D eigenvalue weighted by Crippen LogP contribution is 2.38. The topological polar surface area (TPSA) is 130 Å². The maximum atomic E-state index is 14.1. The fraction of sp³-hybridized carbons (Fsp3) is 0.280. The Balaban J connectivity index is 1.84. The molecule has 0 aliphatic heterocycles. The first-order valence-corrected chi connectivity index (χ1v) is 13.0. The minimum atomic E-state index is -4.16. The van der Waals surface area contributed by atoms with Crippen LogP contribution < -0.4 is 14.2 Å². The van der Waals surface area contributed by atoms with E-state index in [9.17, 15) is 12.8 Å². The molecule has 2 heterocycles. The first-order chi connectivity index (χ1) is 18.2. The van der Waals surface area contributed by atoms with Gasteiger partial charge in [-0.2, -0.15) is 0 Å². The molecule has 200 valence electrons. The van der Waals surface area contributed by atoms with Crippen molar-refractivity contribution in [1.82, 2.24) is 24.7 Å². The van der Waals surface area contributed by atoms with E-state index in [1.807, 2.05) is 6.92 Å². The van der Waals surface area contributed by atoms with Crippen LogP contribution in [0.25, 0.3) is 17.1 Å². The molecule has 0 radical (unpaired) electrons. The van der Waals surface area contributed by atoms with Crippen molar-refractivity contribution in [3.05, 3.63) is 72.1 Å². The number of aryl methyl sites for hydroxylation is 1. The number of halogens is 1. The van der Waals surface area contributed by atoms with Gasteiger partial charge in [0.1, 0.15) is 34.4 Å². The Hall–Kier alpha value is -4.10. The van der Waals surface area contributed by atoms with Crippen molar-refractivity contribution in [3.63, 3.8) is 0 Å². The Morgan fingerprint density at radius 3 is 2.18 bits per heavy atom. The minimum Gasteiger partial charge on any atom is -0.494 e. The summed E-state index contributed by atoms with van der Waals surface area (Å²) in [7, 11) is 0.134. The summed E-state index contributed by atoms with van der Waals surface area (Å²) in [6.07, 6.45) is 2.18. The first kappa shape index (κ1) is 26.9. The Labute approximate surface area is 219 Å². The first-order valence-electron chi connectivity index (χ1n) is 11.5. The molecule has 0 bridgehead atoms. The van der Waals surface area contributed by atoms with Crippen molar-refractivity contribution < 1.29 is 27.0 Å². The number of rotatable bonds is 10. The van der Waals surface area contributed by atoms with Gasteiger partial charge in [0.25, 0.3) is 0 Å². The molecule has 2 aromatic carbocycles. The number of sulfonamides is 1. The van der Waals surface area contributed by atoms with Crippen molar-refractivity contribution in [2.24, 2.45) is 0 Å². The number of hydrogen-bond acceptors (Lipinski definition) is 9. The number of hydrogen-bond donors (Lipinski definition) is 1. The fourth-order valence-corrected chi connectivity index (χ4v) is 5.00. The maximum absolute atomic E-state index is 14.1. The Morgan fingerprint density at radius 2 is 1.61 bits per heavy atom. The highest BCUT2D eigenvalue weighted by molar-refractivity contribution is 7.93. The molecule has 0 spiro atoms. The van der Waals surface area contributed by atoms with Crippen LogP contribution >= 0.6 is 0 Å². The molecule has 4 aromatic rings. The van der Waals surface area contributed by atoms with Crippen LogP contribution in [0.1, 0.15) is 24.4 Å². The third-order valence-corrected chi connectivity index (χ3v) is 7.52. The van der Waals surface area contributed by atoms with E-state index in [2.05, 4.69) is 24.9 Å². The summed E-state index contributed by atoms with van der Waals surface area (Å²) in [5.74, 6) is 0.391. The van der Waals surface area contributed by atoms with Crippen molar-refractivity contribution >= 4 is 16.0 Å². The summed E-state index contributed by atoms with van der Waals surface area (Å²) < 4.78 is 61.8. The van der Waals surface area contributed by atoms with Gasteiger partial charge in [-0.3, -0.25) is 9.29 Å². The van der Waals surface area contributed by atoms with Crippen LogP contribution in [0.4, 0.5) is 10.3 Å². The normalized spacial score (nSPS) is 13.1. The summed E-state index contributed by atoms with van der Waals surface area (Å²) in [6.45, 7) is 3.29. The molecule has 11 nitrogen and oxygen atoms in total. The zero-order valence-electron chi connectivity index (χ0n) is 21.4. The van der Waals surface area contributed by atoms with E-state index in [1.165, 1.54) is 51.0 Å². The van der Waals surface area contributed by atoms with Crippen LogP contribution in [0.3, 0.4) is 0 Å². The number of benzene rings is 2. The summed E-state index contributed by atoms with van der Waals surface area (Å²) in [4.78, 5) is 8.45. The van der Waals surface area contributed by atoms with Crippen LogP contribution in [-0.2, 0) is 14.8 Å². The molecule has 0 saturated carbocycles. The third-order valence-electron chi connectivity index (χ3n) is 5.83. The predicted molar refractivity (Wildman–Crippen MR) is 138 cm³/mol. The van der Waals surface area contributed by atoms with Gasteiger partial charge in [-0.15, -0.1) is 10.2 Å². The lowest BCUT2D eigenvalue weighted by molar-refractivity contribution is 0.0949. The lowest BCUT2D eigenvalue weighted by Gasteiger charge is -2.23. The number of nitrogens with one attached hydrogen (secondary N) is 1. The van der Waals surface area contributed by atoms with Crippen LogP contribution in [0.2, 0.25) is 0 Å². The quantitative estimate of drug-likeness (QED) is 0.319. The number of para-hydroxylation sites is 1. The molecule has 2 atom stereocenters. The van der Waals surface area contributed by atoms with Gasteiger partial charge in [-0.05, 0) is 43.7 Å². The molecular weight excluding hydrogens is 515 g/mol. The van der Waals surface area contributed by atoms with E-state index >= 15 is 0 Å². The molecule has 0 saturated heterocycles. The summed E-state index contributed by atoms with van der Waals surface area (Å²) in [5.41, 5.74) is 1.49. The van der Waals surface area contributed by atoms with Crippen LogP contribution in [0, 0.1) is 12.7 Å². The number of methoxy groups -OCH3 is 3. The molecule has 2 aromatic heterocycles. The highest BCUT2D eigenvalue weighted by Gasteiger charge is 2.35. The number of aromatic nitrogens is 5. The average Bonchev–Trinajstić information content (AvgIpc) is 3.31. The fourth-order valence-electron chi connectivity index (χ4n) is 3.87. The van der Waals surface area contributed by atoms with Crippen LogP contribution in [-0.4, -0.2) is 59.7 Å². The van der Waals surface area contributed by atoms with E-state index in [-0.39, 0.29) is 17.6 Å². The Morgan fingerprint density at radius 1 is 0.974 bits per heavy atom. The smallest absolute Gasteiger partial charge is 0.243 e. The second kappa shape index (κ2) is 11.1. The SMILES string of the molecule is COc1cccc(OC)c1-n1c(NS(=O)(=O)C(C)C(OC)c2ncc(C)cn2)nnc1-c1cccc(F)c1. The van der Waals surface area contributed by atoms with Crippen molar-refractivity contribution in [2.45, 2.75) is 25.2 Å². The van der Waals surface area contributed by atoms with Crippen molar-refractivity contribution in [3.8, 4) is 28.6 Å². The summed E-state index contributed by atoms with van der Waals surface area (Å²) >= 11 is 0. The lowest BCUT2D eigenvalue weighted by Crippen LogP contribution is -2.33. The summed E-state index contributed by atoms with van der Waals surface area (Å²) in [5, 5.41) is 7.15. The van der Waals surface area contributed by atoms with Gasteiger partial charge in [-0.1, -0.05) is 18.2 Å². The van der Waals surface area contributed by atoms with Gasteiger partial charge in [0.05, 0.1) is 14.2 Å². The molecule has 38 heavy (non-hydrogen) atoms. The van der Waals surface area contributed by atoms with Gasteiger partial charge in [-0.25, -0.2) is 22.8 Å². The van der Waals surface area contributed by atoms with Crippen LogP contribution in [0.5, 0.6) is 11.5 Å². The van der Waals surface area contributed by atoms with E-state index in [1.54, 1.807) is 36.7 Å². The van der Waals surface area contributed by atoms with Crippen LogP contribution in [0.15, 0.2) is 54.9 Å². The Kier molecular flexibility index (Phi) is 7.88. The predicted octanol–water partition coefficient (Wildman–Crippen LogP) is 3.71. The number of anilines is 1. The number of nitrogens with zero attached hydrogens (tertiary/aromatic N) is 5. The zero-order valence-corrected chi connectivity index (χ0v) is 22.2. The van der Waals surface area contributed by atoms with E-state index in [4.69, 9.17) is 14.2 Å². The standard InChI is InChI=1S/C25H27FN6O5S/c1-15-13-27-23(28-14-15)22(37-5)16(2)38(33,34)31-25-30-29-24(17-8-6-9-18(26)12-17)32(25)21-19(35-3)10-7-11-20(21)36-4/h6-14,16,22H,1-5H3,(H,30,31). The Bertz CT molecular complexity index is 1510. The second-order valence-electron chi connectivity index (χ2n) is 8.33. The largest absolute Gasteiger partial charge is 0.494 e. The molecular formula is C25H27FN6O5S. The maximum Gasteiger partial charge on any atom is 0.243 e. The minimum absolute atomic E-state index is 0.155. The molecule has 0 aliphatic rings. The van der Waals surface area contributed by atoms with Crippen molar-refractivity contribution in [2.75, 3.05) is 26.1 Å². The summed E-state index contributed by atoms with van der Waals surface area (Å²) in [6, 6.07) is 10.7. The van der Waals surface area contributed by atoms with Gasteiger partial charge < -0.3 is 14.2 Å². The third kappa shape index (κ3) is 5.29. The van der Waals surface area contributed by atoms with Gasteiger partial charge in [0.2, 0.25) is 16.0 Å². The van der Waals surface area contributed by atoms with E-state index in [0.717, 1.165) is 5.56 Å². The highest BCUT2D eigenvalue weighted by atomic mass is 32.2. The molecule has 4 rings (SSSR count). The molecule has 13 heteroatoms. The van der Waals surface area contributed by atoms with E-state index in [0.29, 0.717) is 22.7 Å². The van der Waals surface area contributed by atoms with Gasteiger partial charge >= 0.3 is 0 Å². The van der Waals surface area contributed by atoms with Gasteiger partial charge in [0.15, 0.2) is 11.6 Å². The molecule has 1 N–H and O–H groups in total. The molecule has 2 unspecified atom stereocenters. The molecule has 0 amide bonds.